The topological polar surface area (TPSA) is 58.0 Å². The zero-order valence-corrected chi connectivity index (χ0v) is 11.8. The molecule has 3 rings (SSSR count). The van der Waals surface area contributed by atoms with E-state index in [1.165, 1.54) is 6.07 Å². The molecule has 1 aliphatic rings. The van der Waals surface area contributed by atoms with Crippen LogP contribution < -0.4 is 9.80 Å². The van der Waals surface area contributed by atoms with Crippen LogP contribution in [-0.4, -0.2) is 46.3 Å². The number of anilines is 2. The van der Waals surface area contributed by atoms with Gasteiger partial charge in [-0.2, -0.15) is 13.2 Å². The molecular formula is C13H12F4N6. The predicted molar refractivity (Wildman–Crippen MR) is 73.5 cm³/mol. The predicted octanol–water partition coefficient (Wildman–Crippen LogP) is 1.75. The van der Waals surface area contributed by atoms with Gasteiger partial charge in [-0.3, -0.25) is 0 Å². The fraction of sp³-hybridized carbons (Fsp3) is 0.385. The van der Waals surface area contributed by atoms with Crippen LogP contribution in [0.5, 0.6) is 0 Å². The first kappa shape index (κ1) is 15.4. The number of piperazine rings is 1. The highest BCUT2D eigenvalue weighted by molar-refractivity contribution is 5.41. The van der Waals surface area contributed by atoms with Crippen LogP contribution in [0.2, 0.25) is 0 Å². The lowest BCUT2D eigenvalue weighted by atomic mass is 10.3. The fourth-order valence-corrected chi connectivity index (χ4v) is 2.25. The molecule has 23 heavy (non-hydrogen) atoms. The lowest BCUT2D eigenvalue weighted by molar-refractivity contribution is -0.141. The number of aromatic nitrogens is 4. The Bertz CT molecular complexity index is 650. The van der Waals surface area contributed by atoms with Crippen molar-refractivity contribution in [1.29, 1.82) is 0 Å². The van der Waals surface area contributed by atoms with Crippen molar-refractivity contribution in [2.45, 2.75) is 6.18 Å². The second-order valence-corrected chi connectivity index (χ2v) is 4.95. The Labute approximate surface area is 128 Å². The molecule has 2 aromatic heterocycles. The second kappa shape index (κ2) is 5.94. The first-order valence-electron chi connectivity index (χ1n) is 6.82. The van der Waals surface area contributed by atoms with Gasteiger partial charge in [-0.1, -0.05) is 0 Å². The third kappa shape index (κ3) is 3.46. The number of hydrogen-bond donors (Lipinski definition) is 0. The number of halogens is 4. The molecule has 0 aliphatic carbocycles. The summed E-state index contributed by atoms with van der Waals surface area (Å²) in [6.45, 7) is 2.16. The van der Waals surface area contributed by atoms with Gasteiger partial charge in [0.25, 0.3) is 0 Å². The number of nitrogens with zero attached hydrogens (tertiary/aromatic N) is 6. The van der Waals surface area contributed by atoms with E-state index in [1.807, 2.05) is 9.80 Å². The minimum absolute atomic E-state index is 0.387. The summed E-state index contributed by atoms with van der Waals surface area (Å²) >= 11 is 0. The maximum absolute atomic E-state index is 12.8. The van der Waals surface area contributed by atoms with Gasteiger partial charge >= 0.3 is 6.18 Å². The molecule has 0 spiro atoms. The van der Waals surface area contributed by atoms with Crippen molar-refractivity contribution in [3.05, 3.63) is 36.0 Å². The summed E-state index contributed by atoms with van der Waals surface area (Å²) in [6, 6.07) is 2.22. The highest BCUT2D eigenvalue weighted by Gasteiger charge is 2.33. The lowest BCUT2D eigenvalue weighted by Gasteiger charge is -2.35. The molecule has 0 saturated carbocycles. The molecule has 0 amide bonds. The van der Waals surface area contributed by atoms with Crippen LogP contribution in [0.3, 0.4) is 0 Å². The van der Waals surface area contributed by atoms with Crippen molar-refractivity contribution in [3.8, 4) is 0 Å². The van der Waals surface area contributed by atoms with Crippen LogP contribution in [-0.2, 0) is 6.18 Å². The SMILES string of the molecule is Fc1cnc(N2CCN(c3ccc(C(F)(F)F)nn3)CC2)nc1. The van der Waals surface area contributed by atoms with Crippen molar-refractivity contribution in [2.75, 3.05) is 36.0 Å². The van der Waals surface area contributed by atoms with Gasteiger partial charge in [0.15, 0.2) is 17.3 Å². The number of alkyl halides is 3. The van der Waals surface area contributed by atoms with Crippen molar-refractivity contribution in [1.82, 2.24) is 20.2 Å². The summed E-state index contributed by atoms with van der Waals surface area (Å²) in [5.74, 6) is 0.301. The van der Waals surface area contributed by atoms with Gasteiger partial charge in [0, 0.05) is 26.2 Å². The monoisotopic (exact) mass is 328 g/mol. The second-order valence-electron chi connectivity index (χ2n) is 4.95. The summed E-state index contributed by atoms with van der Waals surface area (Å²) in [4.78, 5) is 11.5. The van der Waals surface area contributed by atoms with Crippen molar-refractivity contribution < 1.29 is 17.6 Å². The molecule has 1 saturated heterocycles. The van der Waals surface area contributed by atoms with E-state index < -0.39 is 17.7 Å². The first-order valence-corrected chi connectivity index (χ1v) is 6.82. The Balaban J connectivity index is 1.63. The van der Waals surface area contributed by atoms with Crippen LogP contribution >= 0.6 is 0 Å². The van der Waals surface area contributed by atoms with Crippen LogP contribution in [0.1, 0.15) is 5.69 Å². The molecule has 0 atom stereocenters. The number of rotatable bonds is 2. The maximum atomic E-state index is 12.8. The Hall–Kier alpha value is -2.52. The van der Waals surface area contributed by atoms with E-state index in [0.717, 1.165) is 18.5 Å². The Morgan fingerprint density at radius 3 is 2.00 bits per heavy atom. The molecule has 0 aromatic carbocycles. The molecule has 0 radical (unpaired) electrons. The van der Waals surface area contributed by atoms with Gasteiger partial charge in [0.1, 0.15) is 0 Å². The van der Waals surface area contributed by atoms with Gasteiger partial charge in [-0.25, -0.2) is 14.4 Å². The van der Waals surface area contributed by atoms with Gasteiger partial charge in [-0.15, -0.1) is 10.2 Å². The zero-order valence-electron chi connectivity index (χ0n) is 11.8. The van der Waals surface area contributed by atoms with Gasteiger partial charge < -0.3 is 9.80 Å². The lowest BCUT2D eigenvalue weighted by Crippen LogP contribution is -2.47. The highest BCUT2D eigenvalue weighted by atomic mass is 19.4. The van der Waals surface area contributed by atoms with Crippen molar-refractivity contribution in [2.24, 2.45) is 0 Å². The van der Waals surface area contributed by atoms with E-state index in [4.69, 9.17) is 0 Å². The molecule has 122 valence electrons. The number of hydrogen-bond acceptors (Lipinski definition) is 6. The summed E-state index contributed by atoms with van der Waals surface area (Å²) in [6.07, 6.45) is -2.31. The fourth-order valence-electron chi connectivity index (χ4n) is 2.25. The molecule has 1 fully saturated rings. The first-order chi connectivity index (χ1) is 10.9. The van der Waals surface area contributed by atoms with Crippen molar-refractivity contribution in [3.63, 3.8) is 0 Å². The summed E-state index contributed by atoms with van der Waals surface area (Å²) < 4.78 is 50.2. The van der Waals surface area contributed by atoms with Crippen LogP contribution in [0.15, 0.2) is 24.5 Å². The summed E-state index contributed by atoms with van der Waals surface area (Å²) in [5, 5.41) is 6.85. The molecule has 10 heteroatoms. The standard InChI is InChI=1S/C13H12F4N6/c14-9-7-18-12(19-8-9)23-5-3-22(4-6-23)11-2-1-10(20-21-11)13(15,16)17/h1-2,7-8H,3-6H2. The minimum Gasteiger partial charge on any atom is -0.352 e. The van der Waals surface area contributed by atoms with E-state index in [1.54, 1.807) is 0 Å². The third-order valence-electron chi connectivity index (χ3n) is 3.43. The smallest absolute Gasteiger partial charge is 0.352 e. The normalized spacial score (nSPS) is 15.8. The summed E-state index contributed by atoms with van der Waals surface area (Å²) in [7, 11) is 0. The molecule has 0 N–H and O–H groups in total. The minimum atomic E-state index is -4.50. The largest absolute Gasteiger partial charge is 0.435 e. The molecule has 3 heterocycles. The molecule has 0 bridgehead atoms. The molecule has 1 aliphatic heterocycles. The molecule has 0 unspecified atom stereocenters. The molecular weight excluding hydrogens is 316 g/mol. The summed E-state index contributed by atoms with van der Waals surface area (Å²) in [5.41, 5.74) is -1.01. The van der Waals surface area contributed by atoms with E-state index in [9.17, 15) is 17.6 Å². The van der Waals surface area contributed by atoms with Crippen LogP contribution in [0.25, 0.3) is 0 Å². The van der Waals surface area contributed by atoms with E-state index in [2.05, 4.69) is 20.2 Å². The van der Waals surface area contributed by atoms with E-state index in [0.29, 0.717) is 37.9 Å². The molecule has 6 nitrogen and oxygen atoms in total. The quantitative estimate of drug-likeness (QED) is 0.783. The van der Waals surface area contributed by atoms with E-state index in [-0.39, 0.29) is 0 Å². The van der Waals surface area contributed by atoms with Gasteiger partial charge in [-0.05, 0) is 12.1 Å². The van der Waals surface area contributed by atoms with Gasteiger partial charge in [0.05, 0.1) is 12.4 Å². The Morgan fingerprint density at radius 1 is 0.870 bits per heavy atom. The Morgan fingerprint density at radius 2 is 1.48 bits per heavy atom. The van der Waals surface area contributed by atoms with Crippen molar-refractivity contribution >= 4 is 11.8 Å². The maximum Gasteiger partial charge on any atom is 0.435 e. The average molecular weight is 328 g/mol. The zero-order chi connectivity index (χ0) is 16.4. The van der Waals surface area contributed by atoms with Crippen LogP contribution in [0, 0.1) is 5.82 Å². The average Bonchev–Trinajstić information content (AvgIpc) is 2.55. The van der Waals surface area contributed by atoms with Crippen LogP contribution in [0.4, 0.5) is 29.3 Å². The highest BCUT2D eigenvalue weighted by Crippen LogP contribution is 2.27. The van der Waals surface area contributed by atoms with Gasteiger partial charge in [0.2, 0.25) is 5.95 Å². The van der Waals surface area contributed by atoms with E-state index >= 15 is 0 Å². The molecule has 2 aromatic rings. The Kier molecular flexibility index (Phi) is 3.97. The third-order valence-corrected chi connectivity index (χ3v) is 3.43.